The second-order valence-electron chi connectivity index (χ2n) is 3.66. The van der Waals surface area contributed by atoms with Gasteiger partial charge >= 0.3 is 5.97 Å². The number of nitrogens with one attached hydrogen (secondary N) is 1. The van der Waals surface area contributed by atoms with E-state index in [1.165, 1.54) is 12.3 Å². The van der Waals surface area contributed by atoms with Crippen LogP contribution in [0.4, 0.5) is 5.82 Å². The Balaban J connectivity index is 2.73. The minimum atomic E-state index is -1.02. The van der Waals surface area contributed by atoms with Crippen molar-refractivity contribution in [3.8, 4) is 5.75 Å². The van der Waals surface area contributed by atoms with Crippen molar-refractivity contribution in [2.24, 2.45) is 0 Å². The van der Waals surface area contributed by atoms with Crippen molar-refractivity contribution in [3.63, 3.8) is 0 Å². The first kappa shape index (κ1) is 14.0. The highest BCUT2D eigenvalue weighted by Crippen LogP contribution is 2.20. The van der Waals surface area contributed by atoms with Gasteiger partial charge in [-0.05, 0) is 25.8 Å². The van der Waals surface area contributed by atoms with Crippen LogP contribution in [0.5, 0.6) is 5.75 Å². The number of hydrogen-bond acceptors (Lipinski definition) is 4. The largest absolute Gasteiger partial charge is 0.491 e. The van der Waals surface area contributed by atoms with Crippen LogP contribution < -0.4 is 10.1 Å². The molecule has 0 aliphatic carbocycles. The van der Waals surface area contributed by atoms with Crippen LogP contribution >= 0.6 is 0 Å². The van der Waals surface area contributed by atoms with E-state index in [-0.39, 0.29) is 5.56 Å². The minimum absolute atomic E-state index is 0.123. The zero-order valence-electron chi connectivity index (χ0n) is 10.5. The van der Waals surface area contributed by atoms with Gasteiger partial charge in [0.1, 0.15) is 11.4 Å². The van der Waals surface area contributed by atoms with Crippen LogP contribution in [0.25, 0.3) is 0 Å². The van der Waals surface area contributed by atoms with Gasteiger partial charge in [-0.2, -0.15) is 0 Å². The Morgan fingerprint density at radius 3 is 3.06 bits per heavy atom. The van der Waals surface area contributed by atoms with Crippen LogP contribution in [0.2, 0.25) is 0 Å². The summed E-state index contributed by atoms with van der Waals surface area (Å²) < 4.78 is 5.21. The van der Waals surface area contributed by atoms with Crippen LogP contribution in [0.1, 0.15) is 30.1 Å². The number of nitrogens with zero attached hydrogens (tertiary/aromatic N) is 1. The molecule has 0 aliphatic heterocycles. The van der Waals surface area contributed by atoms with E-state index in [1.807, 2.05) is 6.08 Å². The number of carboxylic acid groups (broad SMARTS) is 1. The summed E-state index contributed by atoms with van der Waals surface area (Å²) in [4.78, 5) is 15.2. The number of anilines is 1. The number of pyridine rings is 1. The molecule has 0 saturated heterocycles. The molecule has 2 N–H and O–H groups in total. The molecule has 0 bridgehead atoms. The summed E-state index contributed by atoms with van der Waals surface area (Å²) in [5.41, 5.74) is 0.123. The third-order valence-corrected chi connectivity index (χ3v) is 2.29. The van der Waals surface area contributed by atoms with Gasteiger partial charge in [0.2, 0.25) is 0 Å². The summed E-state index contributed by atoms with van der Waals surface area (Å²) >= 11 is 0. The minimum Gasteiger partial charge on any atom is -0.491 e. The molecule has 0 fully saturated rings. The van der Waals surface area contributed by atoms with Crippen molar-refractivity contribution in [2.75, 3.05) is 18.5 Å². The van der Waals surface area contributed by atoms with E-state index in [1.54, 1.807) is 6.92 Å². The molecule has 0 radical (unpaired) electrons. The van der Waals surface area contributed by atoms with E-state index >= 15 is 0 Å². The number of rotatable bonds is 8. The second-order valence-corrected chi connectivity index (χ2v) is 3.66. The third kappa shape index (κ3) is 4.08. The molecule has 98 valence electrons. The molecular weight excluding hydrogens is 232 g/mol. The maximum Gasteiger partial charge on any atom is 0.339 e. The first-order valence-corrected chi connectivity index (χ1v) is 5.90. The molecule has 0 unspecified atom stereocenters. The van der Waals surface area contributed by atoms with Crippen molar-refractivity contribution in [1.29, 1.82) is 0 Å². The molecule has 0 spiro atoms. The number of aromatic carboxylic acids is 1. The van der Waals surface area contributed by atoms with Crippen molar-refractivity contribution < 1.29 is 14.6 Å². The van der Waals surface area contributed by atoms with Gasteiger partial charge in [0, 0.05) is 6.54 Å². The Morgan fingerprint density at radius 1 is 1.67 bits per heavy atom. The molecule has 5 nitrogen and oxygen atoms in total. The highest BCUT2D eigenvalue weighted by atomic mass is 16.5. The predicted molar refractivity (Wildman–Crippen MR) is 70.3 cm³/mol. The van der Waals surface area contributed by atoms with Gasteiger partial charge in [0.15, 0.2) is 5.75 Å². The van der Waals surface area contributed by atoms with E-state index in [0.717, 1.165) is 19.4 Å². The first-order valence-electron chi connectivity index (χ1n) is 5.90. The summed E-state index contributed by atoms with van der Waals surface area (Å²) in [6.45, 7) is 6.57. The average molecular weight is 250 g/mol. The number of carboxylic acids is 1. The number of unbranched alkanes of at least 4 members (excludes halogenated alkanes) is 1. The van der Waals surface area contributed by atoms with Gasteiger partial charge < -0.3 is 15.2 Å². The lowest BCUT2D eigenvalue weighted by molar-refractivity contribution is 0.0692. The van der Waals surface area contributed by atoms with Gasteiger partial charge in [-0.1, -0.05) is 6.08 Å². The number of hydrogen-bond donors (Lipinski definition) is 2. The molecule has 0 aromatic carbocycles. The van der Waals surface area contributed by atoms with E-state index in [2.05, 4.69) is 16.9 Å². The average Bonchev–Trinajstić information content (AvgIpc) is 2.36. The quantitative estimate of drug-likeness (QED) is 0.548. The molecular formula is C13H18N2O3. The van der Waals surface area contributed by atoms with E-state index in [9.17, 15) is 4.79 Å². The fraction of sp³-hybridized carbons (Fsp3) is 0.385. The molecule has 0 saturated carbocycles. The SMILES string of the molecule is C=CCCCNc1cc(C(=O)O)c(OCC)cn1. The maximum atomic E-state index is 11.1. The summed E-state index contributed by atoms with van der Waals surface area (Å²) in [7, 11) is 0. The van der Waals surface area contributed by atoms with Gasteiger partial charge in [-0.3, -0.25) is 0 Å². The molecule has 1 aromatic heterocycles. The van der Waals surface area contributed by atoms with Crippen LogP contribution in [0.3, 0.4) is 0 Å². The van der Waals surface area contributed by atoms with Gasteiger partial charge in [-0.15, -0.1) is 6.58 Å². The predicted octanol–water partition coefficient (Wildman–Crippen LogP) is 2.56. The first-order chi connectivity index (χ1) is 8.69. The maximum absolute atomic E-state index is 11.1. The van der Waals surface area contributed by atoms with Crippen molar-refractivity contribution in [3.05, 3.63) is 30.5 Å². The van der Waals surface area contributed by atoms with Crippen molar-refractivity contribution in [1.82, 2.24) is 4.98 Å². The van der Waals surface area contributed by atoms with Crippen LogP contribution in [-0.4, -0.2) is 29.2 Å². The fourth-order valence-corrected chi connectivity index (χ4v) is 1.44. The Morgan fingerprint density at radius 2 is 2.44 bits per heavy atom. The topological polar surface area (TPSA) is 71.5 Å². The molecule has 1 heterocycles. The zero-order valence-corrected chi connectivity index (χ0v) is 10.5. The number of allylic oxidation sites excluding steroid dienone is 1. The Labute approximate surface area is 107 Å². The molecule has 0 aliphatic rings. The van der Waals surface area contributed by atoms with Crippen LogP contribution in [0, 0.1) is 0 Å². The van der Waals surface area contributed by atoms with Gasteiger partial charge in [0.25, 0.3) is 0 Å². The van der Waals surface area contributed by atoms with Crippen LogP contribution in [0.15, 0.2) is 24.9 Å². The number of aromatic nitrogens is 1. The number of ether oxygens (including phenoxy) is 1. The highest BCUT2D eigenvalue weighted by molar-refractivity contribution is 5.91. The Kier molecular flexibility index (Phi) is 5.70. The molecule has 0 amide bonds. The van der Waals surface area contributed by atoms with Crippen molar-refractivity contribution >= 4 is 11.8 Å². The molecule has 5 heteroatoms. The molecule has 1 aromatic rings. The van der Waals surface area contributed by atoms with Gasteiger partial charge in [0.05, 0.1) is 12.8 Å². The molecule has 0 atom stereocenters. The lowest BCUT2D eigenvalue weighted by Crippen LogP contribution is -2.08. The number of carbonyl (C=O) groups is 1. The standard InChI is InChI=1S/C13H18N2O3/c1-3-5-6-7-14-12-8-10(13(16)17)11(9-15-12)18-4-2/h3,8-9H,1,4-7H2,2H3,(H,14,15)(H,16,17). The lowest BCUT2D eigenvalue weighted by Gasteiger charge is -2.09. The Hall–Kier alpha value is -2.04. The second kappa shape index (κ2) is 7.32. The molecule has 1 rings (SSSR count). The summed E-state index contributed by atoms with van der Waals surface area (Å²) in [5, 5.41) is 12.1. The smallest absolute Gasteiger partial charge is 0.339 e. The van der Waals surface area contributed by atoms with Crippen LogP contribution in [-0.2, 0) is 0 Å². The Bertz CT molecular complexity index is 419. The van der Waals surface area contributed by atoms with Crippen molar-refractivity contribution in [2.45, 2.75) is 19.8 Å². The third-order valence-electron chi connectivity index (χ3n) is 2.29. The summed E-state index contributed by atoms with van der Waals surface area (Å²) in [5.74, 6) is -0.184. The van der Waals surface area contributed by atoms with E-state index in [4.69, 9.17) is 9.84 Å². The molecule has 18 heavy (non-hydrogen) atoms. The van der Waals surface area contributed by atoms with E-state index in [0.29, 0.717) is 18.2 Å². The van der Waals surface area contributed by atoms with Gasteiger partial charge in [-0.25, -0.2) is 9.78 Å². The van der Waals surface area contributed by atoms with E-state index < -0.39 is 5.97 Å². The summed E-state index contributed by atoms with van der Waals surface area (Å²) in [6, 6.07) is 1.49. The zero-order chi connectivity index (χ0) is 13.4. The fourth-order valence-electron chi connectivity index (χ4n) is 1.44. The lowest BCUT2D eigenvalue weighted by atomic mass is 10.2. The highest BCUT2D eigenvalue weighted by Gasteiger charge is 2.12. The monoisotopic (exact) mass is 250 g/mol. The normalized spacial score (nSPS) is 9.83. The summed E-state index contributed by atoms with van der Waals surface area (Å²) in [6.07, 6.45) is 5.12.